The maximum Gasteiger partial charge on any atom is 0.335 e. The highest BCUT2D eigenvalue weighted by Crippen LogP contribution is 2.50. The average molecular weight is 548 g/mol. The standard InChI is InChI=1S/C35H34N2O4/c1-6-37(21-22-7-9-24(10-8-22)33(38)39)27-16-18-29-31(20-27)35(2,3)30-19-26(36(4)5)15-17-28(30)32(29)23-11-13-25(14-12-23)34(40)41/h7-20H,6,21H2,1-5H3,(H-,38,39,40,41)/p+1. The highest BCUT2D eigenvalue weighted by molar-refractivity contribution is 6.07. The number of hydrogen-bond donors (Lipinski definition) is 2. The largest absolute Gasteiger partial charge is 0.478 e. The van der Waals surface area contributed by atoms with Crippen LogP contribution in [0.3, 0.4) is 0 Å². The molecular formula is C35H35N2O4+. The summed E-state index contributed by atoms with van der Waals surface area (Å²) in [5.41, 5.74) is 10.3. The minimum atomic E-state index is -0.940. The number of fused-ring (bicyclic) bond motifs is 2. The maximum atomic E-state index is 11.5. The Hall–Kier alpha value is -4.71. The van der Waals surface area contributed by atoms with E-state index >= 15 is 0 Å². The van der Waals surface area contributed by atoms with E-state index < -0.39 is 11.9 Å². The smallest absolute Gasteiger partial charge is 0.335 e. The van der Waals surface area contributed by atoms with E-state index in [1.165, 1.54) is 11.1 Å². The molecular weight excluding hydrogens is 512 g/mol. The summed E-state index contributed by atoms with van der Waals surface area (Å²) in [4.78, 5) is 24.9. The number of aromatic carboxylic acids is 2. The molecule has 0 amide bonds. The topological polar surface area (TPSA) is 80.8 Å². The van der Waals surface area contributed by atoms with Gasteiger partial charge in [0.2, 0.25) is 5.71 Å². The monoisotopic (exact) mass is 547 g/mol. The number of hydrogen-bond acceptors (Lipinski definition) is 3. The zero-order valence-electron chi connectivity index (χ0n) is 24.1. The van der Waals surface area contributed by atoms with Gasteiger partial charge in [-0.15, -0.1) is 0 Å². The average Bonchev–Trinajstić information content (AvgIpc) is 2.96. The van der Waals surface area contributed by atoms with E-state index in [-0.39, 0.29) is 16.5 Å². The predicted octanol–water partition coefficient (Wildman–Crippen LogP) is 6.41. The minimum absolute atomic E-state index is 0.263. The van der Waals surface area contributed by atoms with Crippen molar-refractivity contribution in [3.8, 4) is 0 Å². The summed E-state index contributed by atoms with van der Waals surface area (Å²) >= 11 is 0. The zero-order chi connectivity index (χ0) is 29.5. The molecule has 3 aromatic rings. The Bertz CT molecular complexity index is 1670. The van der Waals surface area contributed by atoms with E-state index in [9.17, 15) is 19.8 Å². The normalized spacial score (nSPS) is 16.5. The Balaban J connectivity index is 1.68. The third-order valence-corrected chi connectivity index (χ3v) is 8.15. The van der Waals surface area contributed by atoms with Crippen molar-refractivity contribution in [3.05, 3.63) is 129 Å². The molecule has 0 saturated heterocycles. The molecule has 2 N–H and O–H groups in total. The van der Waals surface area contributed by atoms with E-state index in [1.54, 1.807) is 24.3 Å². The summed E-state index contributed by atoms with van der Waals surface area (Å²) < 4.78 is 2.29. The van der Waals surface area contributed by atoms with Crippen LogP contribution in [0.1, 0.15) is 63.7 Å². The molecule has 0 spiro atoms. The Morgan fingerprint density at radius 3 is 2.02 bits per heavy atom. The van der Waals surface area contributed by atoms with Crippen LogP contribution in [-0.2, 0) is 12.0 Å². The fourth-order valence-electron chi connectivity index (χ4n) is 5.75. The van der Waals surface area contributed by atoms with Gasteiger partial charge in [-0.1, -0.05) is 44.2 Å². The van der Waals surface area contributed by atoms with Gasteiger partial charge < -0.3 is 15.1 Å². The van der Waals surface area contributed by atoms with Gasteiger partial charge in [-0.3, -0.25) is 0 Å². The lowest BCUT2D eigenvalue weighted by molar-refractivity contribution is -0.539. The third-order valence-electron chi connectivity index (χ3n) is 8.15. The third kappa shape index (κ3) is 5.13. The summed E-state index contributed by atoms with van der Waals surface area (Å²) in [5, 5.41) is 18.7. The van der Waals surface area contributed by atoms with Gasteiger partial charge in [-0.25, -0.2) is 14.2 Å². The number of carboxylic acids is 2. The maximum absolute atomic E-state index is 11.5. The highest BCUT2D eigenvalue weighted by Gasteiger charge is 2.39. The first-order chi connectivity index (χ1) is 19.5. The second kappa shape index (κ2) is 10.7. The molecule has 0 unspecified atom stereocenters. The van der Waals surface area contributed by atoms with Gasteiger partial charge >= 0.3 is 11.9 Å². The van der Waals surface area contributed by atoms with E-state index in [2.05, 4.69) is 66.7 Å². The van der Waals surface area contributed by atoms with Crippen LogP contribution in [0.2, 0.25) is 0 Å². The summed E-state index contributed by atoms with van der Waals surface area (Å²) in [7, 11) is 4.09. The number of rotatable bonds is 7. The zero-order valence-corrected chi connectivity index (χ0v) is 24.1. The molecule has 3 aromatic carbocycles. The quantitative estimate of drug-likeness (QED) is 0.334. The Morgan fingerprint density at radius 2 is 1.46 bits per heavy atom. The lowest BCUT2D eigenvalue weighted by atomic mass is 9.64. The summed E-state index contributed by atoms with van der Waals surface area (Å²) in [5.74, 6) is -1.87. The van der Waals surface area contributed by atoms with Gasteiger partial charge in [0.15, 0.2) is 6.54 Å². The van der Waals surface area contributed by atoms with E-state index in [1.807, 2.05) is 38.4 Å². The SMILES string of the molecule is CC/[N+](Cc1ccc(C(=O)O)cc1)=C1/C=CC2=C(c3ccc(C(=O)O)cc3)c3ccc(N(C)C)cc3C(C)(C)C2=C1. The van der Waals surface area contributed by atoms with E-state index in [0.717, 1.165) is 45.8 Å². The van der Waals surface area contributed by atoms with Crippen LogP contribution < -0.4 is 4.90 Å². The van der Waals surface area contributed by atoms with Crippen LogP contribution >= 0.6 is 0 Å². The molecule has 41 heavy (non-hydrogen) atoms. The summed E-state index contributed by atoms with van der Waals surface area (Å²) in [6.45, 7) is 8.09. The van der Waals surface area contributed by atoms with Crippen molar-refractivity contribution in [1.29, 1.82) is 0 Å². The number of nitrogens with zero attached hydrogens (tertiary/aromatic N) is 2. The Kier molecular flexibility index (Phi) is 7.26. The molecule has 6 nitrogen and oxygen atoms in total. The van der Waals surface area contributed by atoms with Gasteiger partial charge in [-0.05, 0) is 82.8 Å². The van der Waals surface area contributed by atoms with Gasteiger partial charge in [0.1, 0.15) is 6.54 Å². The van der Waals surface area contributed by atoms with Gasteiger partial charge in [0.05, 0.1) is 11.1 Å². The molecule has 0 bridgehead atoms. The lowest BCUT2D eigenvalue weighted by Crippen LogP contribution is -2.31. The van der Waals surface area contributed by atoms with Crippen molar-refractivity contribution in [3.63, 3.8) is 0 Å². The van der Waals surface area contributed by atoms with Crippen molar-refractivity contribution in [2.24, 2.45) is 0 Å². The fourth-order valence-corrected chi connectivity index (χ4v) is 5.75. The van der Waals surface area contributed by atoms with Gasteiger partial charge in [-0.2, -0.15) is 0 Å². The fraction of sp³-hybridized carbons (Fsp3) is 0.229. The second-order valence-electron chi connectivity index (χ2n) is 11.3. The van der Waals surface area contributed by atoms with Crippen LogP contribution in [0.15, 0.2) is 96.1 Å². The molecule has 2 aliphatic rings. The minimum Gasteiger partial charge on any atom is -0.478 e. The molecule has 5 rings (SSSR count). The van der Waals surface area contributed by atoms with Crippen LogP contribution in [0.4, 0.5) is 5.69 Å². The van der Waals surface area contributed by atoms with E-state index in [0.29, 0.717) is 6.54 Å². The van der Waals surface area contributed by atoms with Crippen LogP contribution in [-0.4, -0.2) is 53.1 Å². The summed E-state index contributed by atoms with van der Waals surface area (Å²) in [6, 6.07) is 20.8. The molecule has 0 atom stereocenters. The first-order valence-electron chi connectivity index (χ1n) is 13.8. The van der Waals surface area contributed by atoms with Crippen LogP contribution in [0.5, 0.6) is 0 Å². The molecule has 0 saturated carbocycles. The molecule has 6 heteroatoms. The first kappa shape index (κ1) is 27.8. The number of anilines is 1. The van der Waals surface area contributed by atoms with Crippen LogP contribution in [0, 0.1) is 0 Å². The van der Waals surface area contributed by atoms with Gasteiger partial charge in [0, 0.05) is 42.9 Å². The lowest BCUT2D eigenvalue weighted by Gasteiger charge is -2.39. The van der Waals surface area contributed by atoms with Crippen molar-refractivity contribution in [2.45, 2.75) is 32.7 Å². The molecule has 2 aliphatic carbocycles. The number of carbonyl (C=O) groups is 2. The second-order valence-corrected chi connectivity index (χ2v) is 11.3. The van der Waals surface area contributed by atoms with Gasteiger partial charge in [0.25, 0.3) is 0 Å². The number of benzene rings is 3. The molecule has 0 aliphatic heterocycles. The van der Waals surface area contributed by atoms with Crippen LogP contribution in [0.25, 0.3) is 5.57 Å². The highest BCUT2D eigenvalue weighted by atomic mass is 16.4. The summed E-state index contributed by atoms with van der Waals surface area (Å²) in [6.07, 6.45) is 6.61. The predicted molar refractivity (Wildman–Crippen MR) is 163 cm³/mol. The number of allylic oxidation sites excluding steroid dienone is 5. The molecule has 0 fully saturated rings. The van der Waals surface area contributed by atoms with E-state index in [4.69, 9.17) is 0 Å². The number of carboxylic acid groups (broad SMARTS) is 2. The molecule has 0 heterocycles. The van der Waals surface area contributed by atoms with Crippen molar-refractivity contribution in [2.75, 3.05) is 25.5 Å². The Labute approximate surface area is 240 Å². The molecule has 0 aromatic heterocycles. The van der Waals surface area contributed by atoms with Crippen molar-refractivity contribution < 1.29 is 24.4 Å². The first-order valence-corrected chi connectivity index (χ1v) is 13.8. The molecule has 208 valence electrons. The Morgan fingerprint density at radius 1 is 0.854 bits per heavy atom. The molecule has 0 radical (unpaired) electrons. The van der Waals surface area contributed by atoms with Crippen molar-refractivity contribution >= 4 is 28.9 Å². The van der Waals surface area contributed by atoms with Crippen molar-refractivity contribution in [1.82, 2.24) is 0 Å².